The highest BCUT2D eigenvalue weighted by atomic mass is 35.5. The lowest BCUT2D eigenvalue weighted by molar-refractivity contribution is 1.25. The Morgan fingerprint density at radius 3 is 2.47 bits per heavy atom. The Morgan fingerprint density at radius 1 is 1.07 bits per heavy atom. The van der Waals surface area contributed by atoms with Gasteiger partial charge in [-0.05, 0) is 23.8 Å². The minimum atomic E-state index is 0.464. The van der Waals surface area contributed by atoms with Crippen molar-refractivity contribution in [3.8, 4) is 11.3 Å². The monoisotopic (exact) mass is 237 g/mol. The number of rotatable bonds is 2. The van der Waals surface area contributed by atoms with Crippen LogP contribution in [-0.2, 0) is 5.88 Å². The lowest BCUT2D eigenvalue weighted by Gasteiger charge is -2.05. The molecule has 3 heteroatoms. The number of hydrogen-bond donors (Lipinski definition) is 0. The van der Waals surface area contributed by atoms with E-state index in [9.17, 15) is 0 Å². The first kappa shape index (κ1) is 10.5. The van der Waals surface area contributed by atoms with Crippen LogP contribution in [0.3, 0.4) is 0 Å². The minimum absolute atomic E-state index is 0.464. The summed E-state index contributed by atoms with van der Waals surface area (Å²) in [6, 6.07) is 11.5. The lowest BCUT2D eigenvalue weighted by Crippen LogP contribution is -1.89. The summed E-state index contributed by atoms with van der Waals surface area (Å²) in [6.45, 7) is 0. The SMILES string of the molecule is ClCc1cccnc1-c1ccc(Cl)cc1. The van der Waals surface area contributed by atoms with Crippen molar-refractivity contribution in [1.29, 1.82) is 0 Å². The molecule has 2 aromatic rings. The van der Waals surface area contributed by atoms with E-state index in [2.05, 4.69) is 4.98 Å². The molecule has 0 saturated carbocycles. The zero-order chi connectivity index (χ0) is 10.7. The quantitative estimate of drug-likeness (QED) is 0.716. The average Bonchev–Trinajstić information content (AvgIpc) is 2.30. The zero-order valence-corrected chi connectivity index (χ0v) is 9.46. The Balaban J connectivity index is 2.49. The molecule has 0 saturated heterocycles. The van der Waals surface area contributed by atoms with E-state index in [-0.39, 0.29) is 0 Å². The largest absolute Gasteiger partial charge is 0.256 e. The first-order chi connectivity index (χ1) is 7.31. The molecule has 0 aliphatic heterocycles. The lowest BCUT2D eigenvalue weighted by atomic mass is 10.1. The standard InChI is InChI=1S/C12H9Cl2N/c13-8-10-2-1-7-15-12(10)9-3-5-11(14)6-4-9/h1-7H,8H2. The number of halogens is 2. The van der Waals surface area contributed by atoms with Crippen molar-refractivity contribution in [3.63, 3.8) is 0 Å². The van der Waals surface area contributed by atoms with Gasteiger partial charge in [0.25, 0.3) is 0 Å². The van der Waals surface area contributed by atoms with Crippen molar-refractivity contribution in [2.75, 3.05) is 0 Å². The molecule has 0 aliphatic rings. The molecule has 1 heterocycles. The Bertz CT molecular complexity index is 451. The molecule has 15 heavy (non-hydrogen) atoms. The Labute approximate surface area is 98.7 Å². The van der Waals surface area contributed by atoms with Crippen LogP contribution >= 0.6 is 23.2 Å². The molecule has 0 bridgehead atoms. The second kappa shape index (κ2) is 4.65. The van der Waals surface area contributed by atoms with Crippen molar-refractivity contribution >= 4 is 23.2 Å². The molecule has 0 spiro atoms. The number of aromatic nitrogens is 1. The van der Waals surface area contributed by atoms with Gasteiger partial charge in [0.2, 0.25) is 0 Å². The van der Waals surface area contributed by atoms with Gasteiger partial charge in [-0.1, -0.05) is 29.8 Å². The number of alkyl halides is 1. The molecular formula is C12H9Cl2N. The molecule has 0 atom stereocenters. The summed E-state index contributed by atoms with van der Waals surface area (Å²) in [5.74, 6) is 0.464. The highest BCUT2D eigenvalue weighted by molar-refractivity contribution is 6.30. The van der Waals surface area contributed by atoms with Gasteiger partial charge < -0.3 is 0 Å². The maximum absolute atomic E-state index is 5.85. The van der Waals surface area contributed by atoms with Crippen molar-refractivity contribution in [2.24, 2.45) is 0 Å². The molecule has 76 valence electrons. The normalized spacial score (nSPS) is 10.3. The summed E-state index contributed by atoms with van der Waals surface area (Å²) >= 11 is 11.7. The van der Waals surface area contributed by atoms with E-state index in [0.717, 1.165) is 21.8 Å². The van der Waals surface area contributed by atoms with Crippen molar-refractivity contribution in [1.82, 2.24) is 4.98 Å². The van der Waals surface area contributed by atoms with Gasteiger partial charge in [0.15, 0.2) is 0 Å². The highest BCUT2D eigenvalue weighted by Crippen LogP contribution is 2.23. The molecule has 0 N–H and O–H groups in total. The molecule has 0 fully saturated rings. The van der Waals surface area contributed by atoms with E-state index in [1.54, 1.807) is 6.20 Å². The third-order valence-corrected chi connectivity index (χ3v) is 2.69. The van der Waals surface area contributed by atoms with Gasteiger partial charge in [-0.2, -0.15) is 0 Å². The van der Waals surface area contributed by atoms with Crippen LogP contribution in [-0.4, -0.2) is 4.98 Å². The van der Waals surface area contributed by atoms with Crippen molar-refractivity contribution in [2.45, 2.75) is 5.88 Å². The smallest absolute Gasteiger partial charge is 0.0746 e. The Morgan fingerprint density at radius 2 is 1.80 bits per heavy atom. The fraction of sp³-hybridized carbons (Fsp3) is 0.0833. The third-order valence-electron chi connectivity index (χ3n) is 2.15. The van der Waals surface area contributed by atoms with Gasteiger partial charge in [-0.25, -0.2) is 0 Å². The molecule has 1 nitrogen and oxygen atoms in total. The van der Waals surface area contributed by atoms with E-state index in [4.69, 9.17) is 23.2 Å². The van der Waals surface area contributed by atoms with Crippen molar-refractivity contribution < 1.29 is 0 Å². The second-order valence-corrected chi connectivity index (χ2v) is 3.86. The molecule has 0 aliphatic carbocycles. The second-order valence-electron chi connectivity index (χ2n) is 3.15. The van der Waals surface area contributed by atoms with E-state index >= 15 is 0 Å². The molecular weight excluding hydrogens is 229 g/mol. The molecule has 1 aromatic heterocycles. The first-order valence-corrected chi connectivity index (χ1v) is 5.48. The predicted octanol–water partition coefficient (Wildman–Crippen LogP) is 4.14. The van der Waals surface area contributed by atoms with Gasteiger partial charge in [-0.15, -0.1) is 11.6 Å². The Hall–Kier alpha value is -1.05. The number of hydrogen-bond acceptors (Lipinski definition) is 1. The predicted molar refractivity (Wildman–Crippen MR) is 64.2 cm³/mol. The van der Waals surface area contributed by atoms with E-state index in [0.29, 0.717) is 5.88 Å². The van der Waals surface area contributed by atoms with Crippen molar-refractivity contribution in [3.05, 3.63) is 53.2 Å². The summed E-state index contributed by atoms with van der Waals surface area (Å²) in [5, 5.41) is 0.724. The summed E-state index contributed by atoms with van der Waals surface area (Å²) in [7, 11) is 0. The van der Waals surface area contributed by atoms with E-state index in [1.807, 2.05) is 36.4 Å². The average molecular weight is 238 g/mol. The molecule has 2 rings (SSSR count). The van der Waals surface area contributed by atoms with E-state index in [1.165, 1.54) is 0 Å². The summed E-state index contributed by atoms with van der Waals surface area (Å²) in [6.07, 6.45) is 1.76. The third kappa shape index (κ3) is 2.31. The van der Waals surface area contributed by atoms with Crippen LogP contribution in [0.2, 0.25) is 5.02 Å². The maximum atomic E-state index is 5.85. The molecule has 0 unspecified atom stereocenters. The number of nitrogens with zero attached hydrogens (tertiary/aromatic N) is 1. The Kier molecular flexibility index (Phi) is 3.24. The van der Waals surface area contributed by atoms with Gasteiger partial charge in [0, 0.05) is 22.7 Å². The summed E-state index contributed by atoms with van der Waals surface area (Å²) in [4.78, 5) is 4.32. The van der Waals surface area contributed by atoms with Crippen LogP contribution < -0.4 is 0 Å². The van der Waals surface area contributed by atoms with Crippen LogP contribution in [0.1, 0.15) is 5.56 Å². The fourth-order valence-electron chi connectivity index (χ4n) is 1.41. The van der Waals surface area contributed by atoms with Crippen LogP contribution in [0.5, 0.6) is 0 Å². The highest BCUT2D eigenvalue weighted by Gasteiger charge is 2.04. The van der Waals surface area contributed by atoms with Gasteiger partial charge in [0.05, 0.1) is 5.69 Å². The molecule has 1 aromatic carbocycles. The fourth-order valence-corrected chi connectivity index (χ4v) is 1.76. The van der Waals surface area contributed by atoms with Crippen LogP contribution in [0.25, 0.3) is 11.3 Å². The van der Waals surface area contributed by atoms with E-state index < -0.39 is 0 Å². The first-order valence-electron chi connectivity index (χ1n) is 4.57. The molecule has 0 radical (unpaired) electrons. The topological polar surface area (TPSA) is 12.9 Å². The minimum Gasteiger partial charge on any atom is -0.256 e. The van der Waals surface area contributed by atoms with Gasteiger partial charge in [-0.3, -0.25) is 4.98 Å². The van der Waals surface area contributed by atoms with Crippen LogP contribution in [0, 0.1) is 0 Å². The van der Waals surface area contributed by atoms with Crippen LogP contribution in [0.15, 0.2) is 42.6 Å². The summed E-state index contributed by atoms with van der Waals surface area (Å²) < 4.78 is 0. The number of pyridine rings is 1. The van der Waals surface area contributed by atoms with Gasteiger partial charge >= 0.3 is 0 Å². The van der Waals surface area contributed by atoms with Gasteiger partial charge in [0.1, 0.15) is 0 Å². The zero-order valence-electron chi connectivity index (χ0n) is 7.95. The molecule has 0 amide bonds. The summed E-state index contributed by atoms with van der Waals surface area (Å²) in [5.41, 5.74) is 2.99. The number of benzene rings is 1. The maximum Gasteiger partial charge on any atom is 0.0746 e. The van der Waals surface area contributed by atoms with Crippen LogP contribution in [0.4, 0.5) is 0 Å².